The summed E-state index contributed by atoms with van der Waals surface area (Å²) in [5.74, 6) is 2.74. The van der Waals surface area contributed by atoms with Gasteiger partial charge in [-0.2, -0.15) is 0 Å². The fourth-order valence-electron chi connectivity index (χ4n) is 6.74. The molecule has 1 atom stereocenters. The number of ether oxygens (including phenoxy) is 1. The topological polar surface area (TPSA) is 85.5 Å². The van der Waals surface area contributed by atoms with Gasteiger partial charge >= 0.3 is 0 Å². The van der Waals surface area contributed by atoms with Crippen LogP contribution in [-0.4, -0.2) is 40.9 Å². The summed E-state index contributed by atoms with van der Waals surface area (Å²) < 4.78 is 6.10. The summed E-state index contributed by atoms with van der Waals surface area (Å²) in [5, 5.41) is 0. The number of aromatic nitrogens is 1. The van der Waals surface area contributed by atoms with Gasteiger partial charge in [0, 0.05) is 18.8 Å². The van der Waals surface area contributed by atoms with E-state index in [-0.39, 0.29) is 17.2 Å². The number of carbonyl (C=O) groups is 2. The Morgan fingerprint density at radius 1 is 1.14 bits per heavy atom. The van der Waals surface area contributed by atoms with Crippen LogP contribution in [0.15, 0.2) is 18.3 Å². The number of nitrogens with two attached hydrogens (primary N) is 1. The summed E-state index contributed by atoms with van der Waals surface area (Å²) >= 11 is 0. The molecule has 1 saturated heterocycles. The van der Waals surface area contributed by atoms with E-state index >= 15 is 0 Å². The molecule has 4 aliphatic carbocycles. The normalized spacial score (nSPS) is 36.4. The van der Waals surface area contributed by atoms with Crippen LogP contribution in [0.4, 0.5) is 0 Å². The molecular formula is C22H29N3O3. The van der Waals surface area contributed by atoms with Gasteiger partial charge in [0.25, 0.3) is 5.91 Å². The fourth-order valence-corrected chi connectivity index (χ4v) is 6.74. The lowest BCUT2D eigenvalue weighted by Gasteiger charge is -2.57. The Labute approximate surface area is 165 Å². The van der Waals surface area contributed by atoms with Crippen molar-refractivity contribution in [3.05, 3.63) is 24.0 Å². The quantitative estimate of drug-likeness (QED) is 0.866. The molecule has 2 amide bonds. The highest BCUT2D eigenvalue weighted by Gasteiger charge is 2.55. The maximum absolute atomic E-state index is 13.6. The van der Waals surface area contributed by atoms with Crippen LogP contribution in [-0.2, 0) is 4.79 Å². The summed E-state index contributed by atoms with van der Waals surface area (Å²) in [6.45, 7) is 1.47. The predicted molar refractivity (Wildman–Crippen MR) is 104 cm³/mol. The zero-order chi connectivity index (χ0) is 19.3. The lowest BCUT2D eigenvalue weighted by atomic mass is 9.49. The molecule has 1 unspecified atom stereocenters. The number of likely N-dealkylation sites (tertiary alicyclic amines) is 1. The molecule has 0 spiro atoms. The van der Waals surface area contributed by atoms with E-state index in [1.165, 1.54) is 25.5 Å². The van der Waals surface area contributed by atoms with Crippen molar-refractivity contribution in [2.24, 2.45) is 28.9 Å². The third-order valence-corrected chi connectivity index (χ3v) is 7.44. The zero-order valence-corrected chi connectivity index (χ0v) is 16.3. The van der Waals surface area contributed by atoms with Gasteiger partial charge in [0.05, 0.1) is 12.0 Å². The second kappa shape index (κ2) is 6.75. The van der Waals surface area contributed by atoms with Gasteiger partial charge in [-0.1, -0.05) is 0 Å². The molecule has 28 heavy (non-hydrogen) atoms. The molecule has 6 nitrogen and oxygen atoms in total. The number of piperidine rings is 1. The van der Waals surface area contributed by atoms with Crippen LogP contribution in [0.25, 0.3) is 0 Å². The molecule has 2 N–H and O–H groups in total. The molecule has 150 valence electrons. The van der Waals surface area contributed by atoms with Crippen molar-refractivity contribution < 1.29 is 14.3 Å². The summed E-state index contributed by atoms with van der Waals surface area (Å²) in [4.78, 5) is 31.0. The Balaban J connectivity index is 1.28. The van der Waals surface area contributed by atoms with Crippen molar-refractivity contribution >= 4 is 11.8 Å². The van der Waals surface area contributed by atoms with Crippen LogP contribution >= 0.6 is 0 Å². The first-order valence-electron chi connectivity index (χ1n) is 10.7. The Kier molecular flexibility index (Phi) is 4.33. The number of nitrogens with zero attached hydrogens (tertiary/aromatic N) is 2. The maximum atomic E-state index is 13.6. The van der Waals surface area contributed by atoms with Gasteiger partial charge < -0.3 is 15.4 Å². The molecule has 4 bridgehead atoms. The molecule has 4 saturated carbocycles. The number of pyridine rings is 1. The molecular weight excluding hydrogens is 354 g/mol. The first kappa shape index (κ1) is 18.0. The van der Waals surface area contributed by atoms with Gasteiger partial charge in [0.1, 0.15) is 17.5 Å². The molecule has 0 radical (unpaired) electrons. The van der Waals surface area contributed by atoms with E-state index in [9.17, 15) is 9.59 Å². The Morgan fingerprint density at radius 2 is 1.82 bits per heavy atom. The Bertz CT molecular complexity index is 758. The van der Waals surface area contributed by atoms with Gasteiger partial charge in [-0.05, 0) is 75.2 Å². The van der Waals surface area contributed by atoms with Crippen LogP contribution in [0, 0.1) is 23.2 Å². The molecule has 6 heteroatoms. The summed E-state index contributed by atoms with van der Waals surface area (Å²) in [6.07, 6.45) is 10.7. The third-order valence-electron chi connectivity index (χ3n) is 7.44. The van der Waals surface area contributed by atoms with E-state index in [1.54, 1.807) is 12.1 Å². The maximum Gasteiger partial charge on any atom is 0.267 e. The molecule has 1 aromatic heterocycles. The number of rotatable bonds is 4. The molecule has 0 aromatic carbocycles. The van der Waals surface area contributed by atoms with E-state index in [4.69, 9.17) is 10.5 Å². The number of hydrogen-bond acceptors (Lipinski definition) is 4. The number of primary amides is 1. The van der Waals surface area contributed by atoms with Crippen LogP contribution in [0.5, 0.6) is 5.75 Å². The Hall–Kier alpha value is -2.11. The predicted octanol–water partition coefficient (Wildman–Crippen LogP) is 2.77. The number of hydrogen-bond donors (Lipinski definition) is 1. The van der Waals surface area contributed by atoms with E-state index < -0.39 is 5.91 Å². The van der Waals surface area contributed by atoms with Crippen molar-refractivity contribution in [1.82, 2.24) is 9.88 Å². The second-order valence-electron chi connectivity index (χ2n) is 9.57. The first-order chi connectivity index (χ1) is 13.5. The van der Waals surface area contributed by atoms with Crippen LogP contribution in [0.1, 0.15) is 61.9 Å². The fraction of sp³-hybridized carbons (Fsp3) is 0.682. The van der Waals surface area contributed by atoms with Gasteiger partial charge in [-0.3, -0.25) is 14.6 Å². The summed E-state index contributed by atoms with van der Waals surface area (Å²) in [6, 6.07) is 3.33. The highest BCUT2D eigenvalue weighted by molar-refractivity contribution is 5.91. The monoisotopic (exact) mass is 383 g/mol. The van der Waals surface area contributed by atoms with Crippen molar-refractivity contribution in [2.75, 3.05) is 13.1 Å². The largest absolute Gasteiger partial charge is 0.488 e. The lowest BCUT2D eigenvalue weighted by molar-refractivity contribution is -0.160. The van der Waals surface area contributed by atoms with Crippen molar-refractivity contribution in [3.8, 4) is 5.75 Å². The van der Waals surface area contributed by atoms with E-state index in [0.717, 1.165) is 56.4 Å². The van der Waals surface area contributed by atoms with Gasteiger partial charge in [-0.15, -0.1) is 0 Å². The Morgan fingerprint density at radius 3 is 2.46 bits per heavy atom. The average molecular weight is 383 g/mol. The molecule has 6 rings (SSSR count). The van der Waals surface area contributed by atoms with Crippen molar-refractivity contribution in [3.63, 3.8) is 0 Å². The molecule has 5 fully saturated rings. The summed E-state index contributed by atoms with van der Waals surface area (Å²) in [5.41, 5.74) is 5.42. The van der Waals surface area contributed by atoms with E-state index in [2.05, 4.69) is 9.88 Å². The molecule has 1 aliphatic heterocycles. The lowest BCUT2D eigenvalue weighted by Crippen LogP contribution is -2.57. The SMILES string of the molecule is NC(=O)c1cc(OC2CCCN(C(=O)C34CC5CC(CC(C5)C3)C4)C2)ccn1. The highest BCUT2D eigenvalue weighted by Crippen LogP contribution is 2.60. The minimum Gasteiger partial charge on any atom is -0.488 e. The van der Waals surface area contributed by atoms with E-state index in [1.807, 2.05) is 0 Å². The zero-order valence-electron chi connectivity index (χ0n) is 16.3. The standard InChI is InChI=1S/C22H29N3O3/c23-20(26)19-9-17(3-4-24-19)28-18-2-1-5-25(13-18)21(27)22-10-14-6-15(11-22)8-16(7-14)12-22/h3-4,9,14-16,18H,1-2,5-8,10-13H2,(H2,23,26). The van der Waals surface area contributed by atoms with Gasteiger partial charge in [0.15, 0.2) is 0 Å². The van der Waals surface area contributed by atoms with Crippen molar-refractivity contribution in [2.45, 2.75) is 57.5 Å². The molecule has 5 aliphatic rings. The van der Waals surface area contributed by atoms with Gasteiger partial charge in [-0.25, -0.2) is 0 Å². The second-order valence-corrected chi connectivity index (χ2v) is 9.57. The third kappa shape index (κ3) is 3.16. The van der Waals surface area contributed by atoms with Crippen molar-refractivity contribution in [1.29, 1.82) is 0 Å². The molecule has 2 heterocycles. The van der Waals surface area contributed by atoms with Crippen LogP contribution in [0.2, 0.25) is 0 Å². The smallest absolute Gasteiger partial charge is 0.267 e. The van der Waals surface area contributed by atoms with Crippen LogP contribution < -0.4 is 10.5 Å². The van der Waals surface area contributed by atoms with E-state index in [0.29, 0.717) is 18.2 Å². The highest BCUT2D eigenvalue weighted by atomic mass is 16.5. The summed E-state index contributed by atoms with van der Waals surface area (Å²) in [7, 11) is 0. The van der Waals surface area contributed by atoms with Crippen LogP contribution in [0.3, 0.4) is 0 Å². The number of carbonyl (C=O) groups excluding carboxylic acids is 2. The van der Waals surface area contributed by atoms with Gasteiger partial charge in [0.2, 0.25) is 5.91 Å². The number of amides is 2. The molecule has 1 aromatic rings. The minimum absolute atomic E-state index is 0.0465. The average Bonchev–Trinajstić information content (AvgIpc) is 2.67. The first-order valence-corrected chi connectivity index (χ1v) is 10.7. The minimum atomic E-state index is -0.562.